The first-order valence-corrected chi connectivity index (χ1v) is 6.86. The number of hydrogen-bond acceptors (Lipinski definition) is 3. The Hall–Kier alpha value is -1.62. The largest absolute Gasteiger partial charge is 0.337 e. The summed E-state index contributed by atoms with van der Waals surface area (Å²) in [5.41, 5.74) is 0.144. The minimum atomic E-state index is -0.232. The summed E-state index contributed by atoms with van der Waals surface area (Å²) in [6.45, 7) is 0. The summed E-state index contributed by atoms with van der Waals surface area (Å²) in [6.07, 6.45) is 4.45. The Bertz CT molecular complexity index is 527. The number of carbonyl (C=O) groups excluding carboxylic acids is 1. The lowest BCUT2D eigenvalue weighted by Gasteiger charge is -2.35. The smallest absolute Gasteiger partial charge is 0.270 e. The SMILES string of the molecule is CN(C(=O)c1cccc(=O)[nH]1)C1CC2CCC(C1)N2. The summed E-state index contributed by atoms with van der Waals surface area (Å²) in [5, 5.41) is 3.57. The van der Waals surface area contributed by atoms with Gasteiger partial charge in [0.1, 0.15) is 5.69 Å². The quantitative estimate of drug-likeness (QED) is 0.825. The molecule has 2 aliphatic heterocycles. The molecule has 3 heterocycles. The molecule has 2 bridgehead atoms. The van der Waals surface area contributed by atoms with Crippen molar-refractivity contribution in [2.24, 2.45) is 0 Å². The predicted molar refractivity (Wildman–Crippen MR) is 72.1 cm³/mol. The van der Waals surface area contributed by atoms with E-state index in [1.165, 1.54) is 18.9 Å². The number of piperidine rings is 1. The van der Waals surface area contributed by atoms with Gasteiger partial charge in [-0.25, -0.2) is 0 Å². The van der Waals surface area contributed by atoms with Crippen molar-refractivity contribution in [3.63, 3.8) is 0 Å². The van der Waals surface area contributed by atoms with Gasteiger partial charge in [-0.15, -0.1) is 0 Å². The van der Waals surface area contributed by atoms with E-state index in [4.69, 9.17) is 0 Å². The number of rotatable bonds is 2. The van der Waals surface area contributed by atoms with Crippen LogP contribution in [0.3, 0.4) is 0 Å². The van der Waals surface area contributed by atoms with E-state index in [9.17, 15) is 9.59 Å². The molecule has 0 saturated carbocycles. The Morgan fingerprint density at radius 3 is 2.58 bits per heavy atom. The maximum absolute atomic E-state index is 12.4. The second-order valence-corrected chi connectivity index (χ2v) is 5.61. The second-order valence-electron chi connectivity index (χ2n) is 5.61. The highest BCUT2D eigenvalue weighted by Gasteiger charge is 2.36. The molecule has 2 atom stereocenters. The van der Waals surface area contributed by atoms with Gasteiger partial charge in [0.2, 0.25) is 5.56 Å². The first kappa shape index (κ1) is 12.4. The van der Waals surface area contributed by atoms with Gasteiger partial charge in [0.05, 0.1) is 0 Å². The van der Waals surface area contributed by atoms with Crippen molar-refractivity contribution in [3.8, 4) is 0 Å². The van der Waals surface area contributed by atoms with E-state index in [1.807, 2.05) is 7.05 Å². The van der Waals surface area contributed by atoms with Crippen LogP contribution in [0.5, 0.6) is 0 Å². The minimum absolute atomic E-state index is 0.0935. The molecule has 0 radical (unpaired) electrons. The van der Waals surface area contributed by atoms with Crippen molar-refractivity contribution < 1.29 is 4.79 Å². The van der Waals surface area contributed by atoms with E-state index in [-0.39, 0.29) is 17.5 Å². The van der Waals surface area contributed by atoms with Crippen LogP contribution in [0.4, 0.5) is 0 Å². The van der Waals surface area contributed by atoms with Crippen molar-refractivity contribution in [2.45, 2.75) is 43.8 Å². The monoisotopic (exact) mass is 261 g/mol. The van der Waals surface area contributed by atoms with Gasteiger partial charge in [0.25, 0.3) is 5.91 Å². The molecule has 1 aromatic rings. The Balaban J connectivity index is 1.75. The number of aromatic amines is 1. The molecule has 1 aromatic heterocycles. The average Bonchev–Trinajstić information content (AvgIpc) is 2.76. The zero-order valence-corrected chi connectivity index (χ0v) is 11.1. The molecule has 3 rings (SSSR count). The van der Waals surface area contributed by atoms with Crippen LogP contribution in [0, 0.1) is 0 Å². The highest BCUT2D eigenvalue weighted by atomic mass is 16.2. The molecule has 102 valence electrons. The molecule has 1 amide bonds. The van der Waals surface area contributed by atoms with Crippen LogP contribution in [-0.4, -0.2) is 41.0 Å². The first-order chi connectivity index (χ1) is 9.13. The molecule has 2 saturated heterocycles. The van der Waals surface area contributed by atoms with Gasteiger partial charge in [0.15, 0.2) is 0 Å². The van der Waals surface area contributed by atoms with Crippen molar-refractivity contribution in [1.82, 2.24) is 15.2 Å². The lowest BCUT2D eigenvalue weighted by Crippen LogP contribution is -2.49. The van der Waals surface area contributed by atoms with Crippen molar-refractivity contribution >= 4 is 5.91 Å². The van der Waals surface area contributed by atoms with E-state index >= 15 is 0 Å². The highest BCUT2D eigenvalue weighted by molar-refractivity contribution is 5.92. The number of fused-ring (bicyclic) bond motifs is 2. The Labute approximate surface area is 112 Å². The molecular formula is C14H19N3O2. The number of amides is 1. The normalized spacial score (nSPS) is 29.2. The van der Waals surface area contributed by atoms with Crippen LogP contribution < -0.4 is 10.9 Å². The summed E-state index contributed by atoms with van der Waals surface area (Å²) < 4.78 is 0. The second kappa shape index (κ2) is 4.81. The number of carbonyl (C=O) groups is 1. The van der Waals surface area contributed by atoms with Gasteiger partial charge < -0.3 is 15.2 Å². The molecule has 0 aromatic carbocycles. The van der Waals surface area contributed by atoms with Crippen molar-refractivity contribution in [1.29, 1.82) is 0 Å². The van der Waals surface area contributed by atoms with E-state index in [0.717, 1.165) is 12.8 Å². The standard InChI is InChI=1S/C14H19N3O2/c1-17(11-7-9-5-6-10(8-11)15-9)14(19)12-3-2-4-13(18)16-12/h2-4,9-11,15H,5-8H2,1H3,(H,16,18). The van der Waals surface area contributed by atoms with Gasteiger partial charge in [-0.1, -0.05) is 6.07 Å². The third-order valence-corrected chi connectivity index (χ3v) is 4.32. The summed E-state index contributed by atoms with van der Waals surface area (Å²) in [6, 6.07) is 6.07. The lowest BCUT2D eigenvalue weighted by atomic mass is 9.98. The number of nitrogens with one attached hydrogen (secondary N) is 2. The summed E-state index contributed by atoms with van der Waals surface area (Å²) in [7, 11) is 1.84. The maximum Gasteiger partial charge on any atom is 0.270 e. The zero-order valence-electron chi connectivity index (χ0n) is 11.1. The fraction of sp³-hybridized carbons (Fsp3) is 0.571. The lowest BCUT2D eigenvalue weighted by molar-refractivity contribution is 0.0675. The van der Waals surface area contributed by atoms with Crippen LogP contribution in [0.1, 0.15) is 36.2 Å². The molecule has 5 nitrogen and oxygen atoms in total. The van der Waals surface area contributed by atoms with Crippen molar-refractivity contribution in [2.75, 3.05) is 7.05 Å². The first-order valence-electron chi connectivity index (χ1n) is 6.86. The Morgan fingerprint density at radius 1 is 1.26 bits per heavy atom. The molecule has 0 spiro atoms. The van der Waals surface area contributed by atoms with E-state index in [1.54, 1.807) is 17.0 Å². The topological polar surface area (TPSA) is 65.2 Å². The average molecular weight is 261 g/mol. The van der Waals surface area contributed by atoms with Crippen LogP contribution in [0.25, 0.3) is 0 Å². The fourth-order valence-electron chi connectivity index (χ4n) is 3.27. The number of pyridine rings is 1. The molecule has 5 heteroatoms. The van der Waals surface area contributed by atoms with Crippen LogP contribution in [0.15, 0.2) is 23.0 Å². The molecule has 2 unspecified atom stereocenters. The molecular weight excluding hydrogens is 242 g/mol. The van der Waals surface area contributed by atoms with Gasteiger partial charge in [-0.05, 0) is 31.7 Å². The maximum atomic E-state index is 12.4. The summed E-state index contributed by atoms with van der Waals surface area (Å²) in [4.78, 5) is 28.0. The third-order valence-electron chi connectivity index (χ3n) is 4.32. The van der Waals surface area contributed by atoms with Gasteiger partial charge in [-0.2, -0.15) is 0 Å². The minimum Gasteiger partial charge on any atom is -0.337 e. The van der Waals surface area contributed by atoms with Crippen LogP contribution in [0.2, 0.25) is 0 Å². The van der Waals surface area contributed by atoms with Crippen molar-refractivity contribution in [3.05, 3.63) is 34.2 Å². The highest BCUT2D eigenvalue weighted by Crippen LogP contribution is 2.29. The Morgan fingerprint density at radius 2 is 1.95 bits per heavy atom. The fourth-order valence-corrected chi connectivity index (χ4v) is 3.27. The van der Waals surface area contributed by atoms with E-state index in [2.05, 4.69) is 10.3 Å². The molecule has 2 N–H and O–H groups in total. The molecule has 2 aliphatic rings. The number of nitrogens with zero attached hydrogens (tertiary/aromatic N) is 1. The zero-order chi connectivity index (χ0) is 13.4. The third kappa shape index (κ3) is 2.42. The van der Waals surface area contributed by atoms with Crippen LogP contribution >= 0.6 is 0 Å². The van der Waals surface area contributed by atoms with E-state index < -0.39 is 0 Å². The Kier molecular flexibility index (Phi) is 3.14. The molecule has 19 heavy (non-hydrogen) atoms. The number of H-pyrrole nitrogens is 1. The van der Waals surface area contributed by atoms with Gasteiger partial charge in [0, 0.05) is 31.2 Å². The summed E-state index contributed by atoms with van der Waals surface area (Å²) >= 11 is 0. The van der Waals surface area contributed by atoms with Crippen LogP contribution in [-0.2, 0) is 0 Å². The van der Waals surface area contributed by atoms with Gasteiger partial charge in [-0.3, -0.25) is 9.59 Å². The van der Waals surface area contributed by atoms with E-state index in [0.29, 0.717) is 17.8 Å². The van der Waals surface area contributed by atoms with Gasteiger partial charge >= 0.3 is 0 Å². The number of aromatic nitrogens is 1. The molecule has 0 aliphatic carbocycles. The molecule has 2 fully saturated rings. The summed E-state index contributed by atoms with van der Waals surface area (Å²) in [5.74, 6) is -0.0935. The number of hydrogen-bond donors (Lipinski definition) is 2. The predicted octanol–water partition coefficient (Wildman–Crippen LogP) is 0.730.